The molecule has 0 radical (unpaired) electrons. The van der Waals surface area contributed by atoms with Crippen molar-refractivity contribution in [3.8, 4) is 34.0 Å². The van der Waals surface area contributed by atoms with Crippen LogP contribution < -0.4 is 0 Å². The number of rotatable bonds is 6. The van der Waals surface area contributed by atoms with Gasteiger partial charge in [-0.05, 0) is 63.0 Å². The Kier molecular flexibility index (Phi) is 6.60. The molecule has 0 bridgehead atoms. The molecule has 0 N–H and O–H groups in total. The molecule has 1 saturated carbocycles. The second kappa shape index (κ2) is 9.39. The molecule has 0 saturated heterocycles. The highest BCUT2D eigenvalue weighted by molar-refractivity contribution is 6.74. The normalized spacial score (nSPS) is 20.0. The van der Waals surface area contributed by atoms with Crippen LogP contribution in [0.1, 0.15) is 52.3 Å². The lowest BCUT2D eigenvalue weighted by Crippen LogP contribution is -2.54. The largest absolute Gasteiger partial charge is 0.411 e. The van der Waals surface area contributed by atoms with Gasteiger partial charge in [0.05, 0.1) is 39.6 Å². The van der Waals surface area contributed by atoms with Crippen molar-refractivity contribution in [2.24, 2.45) is 0 Å². The molecule has 0 unspecified atom stereocenters. The van der Waals surface area contributed by atoms with E-state index >= 15 is 0 Å². The Bertz CT molecular complexity index is 1450. The van der Waals surface area contributed by atoms with Gasteiger partial charge in [-0.25, -0.2) is 14.4 Å². The van der Waals surface area contributed by atoms with Crippen molar-refractivity contribution in [3.05, 3.63) is 59.4 Å². The van der Waals surface area contributed by atoms with Crippen molar-refractivity contribution in [1.29, 1.82) is 0 Å². The van der Waals surface area contributed by atoms with Gasteiger partial charge in [0, 0.05) is 18.1 Å². The quantitative estimate of drug-likeness (QED) is 0.226. The van der Waals surface area contributed by atoms with Crippen molar-refractivity contribution in [1.82, 2.24) is 24.9 Å². The highest BCUT2D eigenvalue weighted by atomic mass is 35.5. The monoisotopic (exact) mass is 553 g/mol. The molecule has 38 heavy (non-hydrogen) atoms. The molecule has 1 aliphatic rings. The van der Waals surface area contributed by atoms with Crippen LogP contribution in [0.2, 0.25) is 23.2 Å². The summed E-state index contributed by atoms with van der Waals surface area (Å²) in [6, 6.07) is 6.44. The predicted molar refractivity (Wildman–Crippen MR) is 149 cm³/mol. The second-order valence-corrected chi connectivity index (χ2v) is 17.0. The first-order valence-electron chi connectivity index (χ1n) is 12.8. The van der Waals surface area contributed by atoms with Crippen LogP contribution in [-0.4, -0.2) is 38.8 Å². The topological polar surface area (TPSA) is 78.9 Å². The van der Waals surface area contributed by atoms with Gasteiger partial charge in [-0.15, -0.1) is 0 Å². The van der Waals surface area contributed by atoms with Crippen LogP contribution >= 0.6 is 11.6 Å². The molecule has 0 spiro atoms. The Morgan fingerprint density at radius 2 is 1.82 bits per heavy atom. The molecule has 1 aliphatic carbocycles. The lowest BCUT2D eigenvalue weighted by atomic mass is 9.77. The molecule has 10 heteroatoms. The average Bonchev–Trinajstić information content (AvgIpc) is 3.40. The molecule has 3 heterocycles. The number of nitrogens with zero attached hydrogens (tertiary/aromatic N) is 5. The molecule has 200 valence electrons. The van der Waals surface area contributed by atoms with E-state index in [2.05, 4.69) is 55.9 Å². The van der Waals surface area contributed by atoms with Crippen LogP contribution in [0, 0.1) is 12.7 Å². The van der Waals surface area contributed by atoms with E-state index in [1.807, 2.05) is 11.6 Å². The van der Waals surface area contributed by atoms with Crippen LogP contribution in [0.5, 0.6) is 0 Å². The summed E-state index contributed by atoms with van der Waals surface area (Å²) in [5, 5.41) is 9.34. The van der Waals surface area contributed by atoms with Crippen LogP contribution in [0.25, 0.3) is 34.0 Å². The molecule has 0 atom stereocenters. The van der Waals surface area contributed by atoms with Gasteiger partial charge >= 0.3 is 0 Å². The van der Waals surface area contributed by atoms with Crippen LogP contribution in [0.3, 0.4) is 0 Å². The van der Waals surface area contributed by atoms with Crippen LogP contribution in [-0.2, 0) is 4.43 Å². The van der Waals surface area contributed by atoms with E-state index in [0.29, 0.717) is 17.1 Å². The number of hydrogen-bond donors (Lipinski definition) is 0. The zero-order valence-electron chi connectivity index (χ0n) is 22.8. The van der Waals surface area contributed by atoms with Crippen molar-refractivity contribution >= 4 is 19.9 Å². The van der Waals surface area contributed by atoms with Gasteiger partial charge < -0.3 is 8.95 Å². The molecule has 4 aromatic rings. The van der Waals surface area contributed by atoms with E-state index in [4.69, 9.17) is 25.6 Å². The fraction of sp³-hybridized carbons (Fsp3) is 0.429. The maximum Gasteiger partial charge on any atom is 0.192 e. The van der Waals surface area contributed by atoms with E-state index in [1.54, 1.807) is 36.8 Å². The minimum absolute atomic E-state index is 0.147. The van der Waals surface area contributed by atoms with Crippen molar-refractivity contribution in [2.45, 2.75) is 77.2 Å². The third kappa shape index (κ3) is 4.61. The summed E-state index contributed by atoms with van der Waals surface area (Å²) in [5.74, 6) is 0.288. The molecule has 3 aromatic heterocycles. The van der Waals surface area contributed by atoms with Gasteiger partial charge in [-0.3, -0.25) is 4.68 Å². The fourth-order valence-electron chi connectivity index (χ4n) is 4.98. The number of hydrogen-bond acceptors (Lipinski definition) is 6. The second-order valence-electron chi connectivity index (χ2n) is 11.9. The molecule has 1 aromatic carbocycles. The zero-order valence-corrected chi connectivity index (χ0v) is 24.6. The van der Waals surface area contributed by atoms with E-state index in [-0.39, 0.29) is 33.0 Å². The molecule has 7 nitrogen and oxygen atoms in total. The summed E-state index contributed by atoms with van der Waals surface area (Å²) in [5.41, 5.74) is 2.37. The first kappa shape index (κ1) is 26.7. The summed E-state index contributed by atoms with van der Waals surface area (Å²) in [4.78, 5) is 8.82. The molecular weight excluding hydrogens is 521 g/mol. The van der Waals surface area contributed by atoms with Gasteiger partial charge in [0.1, 0.15) is 11.5 Å². The van der Waals surface area contributed by atoms with Gasteiger partial charge in [-0.1, -0.05) is 43.6 Å². The van der Waals surface area contributed by atoms with Gasteiger partial charge in [0.2, 0.25) is 0 Å². The third-order valence-corrected chi connectivity index (χ3v) is 12.9. The van der Waals surface area contributed by atoms with Crippen molar-refractivity contribution in [3.63, 3.8) is 0 Å². The predicted octanol–water partition coefficient (Wildman–Crippen LogP) is 7.88. The number of aromatic nitrogens is 5. The fourth-order valence-corrected chi connectivity index (χ4v) is 6.94. The maximum absolute atomic E-state index is 14.9. The highest BCUT2D eigenvalue weighted by Gasteiger charge is 2.50. The van der Waals surface area contributed by atoms with E-state index in [9.17, 15) is 4.39 Å². The van der Waals surface area contributed by atoms with Crippen LogP contribution in [0.4, 0.5) is 4.39 Å². The number of benzene rings is 1. The minimum atomic E-state index is -1.89. The van der Waals surface area contributed by atoms with E-state index < -0.39 is 14.1 Å². The Labute approximate surface area is 228 Å². The Balaban J connectivity index is 1.50. The summed E-state index contributed by atoms with van der Waals surface area (Å²) < 4.78 is 29.6. The molecular formula is C28H33ClFN5O2Si. The Morgan fingerprint density at radius 3 is 2.45 bits per heavy atom. The number of halogens is 2. The SMILES string of the molecule is Cc1c(-c2onc(-c3c(F)cccc3Cl)c2-c2ncccn2)cnn1C1CC(C)(O[Si](C)(C)C(C)(C)C)C1. The summed E-state index contributed by atoms with van der Waals surface area (Å²) >= 11 is 6.39. The van der Waals surface area contributed by atoms with Crippen molar-refractivity contribution in [2.75, 3.05) is 0 Å². The van der Waals surface area contributed by atoms with Gasteiger partial charge in [-0.2, -0.15) is 5.10 Å². The summed E-state index contributed by atoms with van der Waals surface area (Å²) in [6.45, 7) is 15.6. The maximum atomic E-state index is 14.9. The first-order chi connectivity index (χ1) is 17.8. The molecule has 0 aliphatic heterocycles. The summed E-state index contributed by atoms with van der Waals surface area (Å²) in [7, 11) is -1.89. The van der Waals surface area contributed by atoms with E-state index in [0.717, 1.165) is 24.1 Å². The van der Waals surface area contributed by atoms with Crippen molar-refractivity contribution < 1.29 is 13.3 Å². The molecule has 1 fully saturated rings. The minimum Gasteiger partial charge on any atom is -0.411 e. The van der Waals surface area contributed by atoms with Crippen LogP contribution in [0.15, 0.2) is 47.4 Å². The Morgan fingerprint density at radius 1 is 1.13 bits per heavy atom. The highest BCUT2D eigenvalue weighted by Crippen LogP contribution is 2.50. The average molecular weight is 554 g/mol. The standard InChI is InChI=1S/C28H33ClFN5O2Si/c1-17-19(16-33-35(17)18-14-28(5,15-18)37-38(6,7)27(2,3)4)25-23(26-31-12-9-13-32-26)24(34-36-25)22-20(29)10-8-11-21(22)30/h8-13,16,18H,14-15H2,1-7H3. The summed E-state index contributed by atoms with van der Waals surface area (Å²) in [6.07, 6.45) is 6.77. The zero-order chi connectivity index (χ0) is 27.5. The third-order valence-electron chi connectivity index (χ3n) is 7.96. The Hall–Kier alpha value is -2.88. The molecule has 0 amide bonds. The lowest BCUT2D eigenvalue weighted by Gasteiger charge is -2.52. The van der Waals surface area contributed by atoms with E-state index in [1.165, 1.54) is 6.07 Å². The molecule has 5 rings (SSSR count). The van der Waals surface area contributed by atoms with Gasteiger partial charge in [0.25, 0.3) is 0 Å². The first-order valence-corrected chi connectivity index (χ1v) is 16.1. The smallest absolute Gasteiger partial charge is 0.192 e. The lowest BCUT2D eigenvalue weighted by molar-refractivity contribution is -0.0429. The van der Waals surface area contributed by atoms with Gasteiger partial charge in [0.15, 0.2) is 19.9 Å².